The molecule has 4 saturated carbocycles. The largest absolute Gasteiger partial charge is 0.334 e. The molecule has 2 aliphatic heterocycles. The average Bonchev–Trinajstić information content (AvgIpc) is 3.71. The Balaban J connectivity index is 1.08. The van der Waals surface area contributed by atoms with E-state index in [0.29, 0.717) is 0 Å². The lowest BCUT2D eigenvalue weighted by molar-refractivity contribution is 0.0567. The normalized spacial score (nSPS) is 33.5. The maximum absolute atomic E-state index is 5.38. The van der Waals surface area contributed by atoms with Gasteiger partial charge in [-0.05, 0) is 144 Å². The summed E-state index contributed by atoms with van der Waals surface area (Å²) in [6.45, 7) is 15.9. The fraction of sp³-hybridized carbons (Fsp3) is 0.394. The van der Waals surface area contributed by atoms with Crippen LogP contribution in [0.3, 0.4) is 0 Å². The van der Waals surface area contributed by atoms with Gasteiger partial charge in [0, 0.05) is 39.0 Å². The standard InChI is InChI=1S/C66H70N2/c1-45-39-52(67-59-37-20-18-35-56(59)62(2)41-46-23-12-14-25-48(46)43-64(62,67)4)31-22-34-54-53-32-16-17-33-55(53)61(40-58(54)66(45,50-27-8-6-9-28-50)51-29-10-7-11-30-51)68-60-38-21-19-36-57(60)63(3)42-47-24-13-15-26-49(47)44-65(63,68)5/h6-11,16-22,27-33,35-40,46-49H,1,12-15,23-26,34,41-44H2,2-5H3/b31-22-,52-39+. The predicted molar refractivity (Wildman–Crippen MR) is 285 cm³/mol. The molecule has 0 aromatic heterocycles. The van der Waals surface area contributed by atoms with E-state index in [2.05, 4.69) is 195 Å². The van der Waals surface area contributed by atoms with E-state index in [0.717, 1.165) is 35.7 Å². The first-order valence-corrected chi connectivity index (χ1v) is 26.6. The van der Waals surface area contributed by atoms with Crippen molar-refractivity contribution in [1.82, 2.24) is 0 Å². The van der Waals surface area contributed by atoms with Crippen LogP contribution in [0.4, 0.5) is 17.1 Å². The molecule has 2 nitrogen and oxygen atoms in total. The molecule has 344 valence electrons. The number of nitrogens with zero attached hydrogens (tertiary/aromatic N) is 2. The van der Waals surface area contributed by atoms with Crippen molar-refractivity contribution in [3.63, 3.8) is 0 Å². The molecule has 0 radical (unpaired) electrons. The van der Waals surface area contributed by atoms with Crippen molar-refractivity contribution in [1.29, 1.82) is 0 Å². The van der Waals surface area contributed by atoms with Gasteiger partial charge in [0.05, 0.1) is 16.5 Å². The molecule has 7 aliphatic rings. The lowest BCUT2D eigenvalue weighted by Gasteiger charge is -2.56. The van der Waals surface area contributed by atoms with Gasteiger partial charge in [-0.15, -0.1) is 0 Å². The Morgan fingerprint density at radius 1 is 0.471 bits per heavy atom. The van der Waals surface area contributed by atoms with Gasteiger partial charge in [0.2, 0.25) is 0 Å². The van der Waals surface area contributed by atoms with E-state index in [9.17, 15) is 0 Å². The number of benzene rings is 6. The zero-order valence-electron chi connectivity index (χ0n) is 41.1. The molecule has 0 spiro atoms. The molecule has 4 fully saturated rings. The van der Waals surface area contributed by atoms with Gasteiger partial charge in [0.25, 0.3) is 0 Å². The Labute approximate surface area is 406 Å². The van der Waals surface area contributed by atoms with Gasteiger partial charge < -0.3 is 9.80 Å². The monoisotopic (exact) mass is 891 g/mol. The van der Waals surface area contributed by atoms with Crippen molar-refractivity contribution in [3.05, 3.63) is 209 Å². The Hall–Kier alpha value is -5.60. The summed E-state index contributed by atoms with van der Waals surface area (Å²) in [5.74, 6) is 3.12. The Bertz CT molecular complexity index is 2990. The molecule has 13 rings (SSSR count). The van der Waals surface area contributed by atoms with E-state index in [1.807, 2.05) is 0 Å². The summed E-state index contributed by atoms with van der Waals surface area (Å²) in [4.78, 5) is 5.70. The fourth-order valence-electron chi connectivity index (χ4n) is 17.0. The SMILES string of the molecule is C=C1/C=C(N2c3ccccc3C3(C)CC4CCCCC4CC23C)\C=C/Cc2c(cc(N3c4ccccc4C4(C)CC5CCCCC5CC34C)c3ccccc23)C1(c1ccccc1)c1ccccc1. The minimum absolute atomic E-state index is 0.0261. The zero-order valence-corrected chi connectivity index (χ0v) is 41.1. The first-order chi connectivity index (χ1) is 33.1. The topological polar surface area (TPSA) is 6.48 Å². The quantitative estimate of drug-likeness (QED) is 0.174. The Morgan fingerprint density at radius 3 is 1.49 bits per heavy atom. The van der Waals surface area contributed by atoms with Gasteiger partial charge in [0.15, 0.2) is 0 Å². The third kappa shape index (κ3) is 5.70. The molecule has 5 aliphatic carbocycles. The first kappa shape index (κ1) is 42.5. The van der Waals surface area contributed by atoms with E-state index < -0.39 is 5.41 Å². The smallest absolute Gasteiger partial charge is 0.0700 e. The van der Waals surface area contributed by atoms with E-state index >= 15 is 0 Å². The van der Waals surface area contributed by atoms with Crippen molar-refractivity contribution in [3.8, 4) is 0 Å². The molecule has 0 saturated heterocycles. The molecular weight excluding hydrogens is 821 g/mol. The highest BCUT2D eigenvalue weighted by Crippen LogP contribution is 2.67. The summed E-state index contributed by atoms with van der Waals surface area (Å²) in [5, 5.41) is 2.69. The van der Waals surface area contributed by atoms with Crippen LogP contribution in [0.25, 0.3) is 10.8 Å². The van der Waals surface area contributed by atoms with Crippen LogP contribution in [0.5, 0.6) is 0 Å². The summed E-state index contributed by atoms with van der Waals surface area (Å²) in [6, 6.07) is 54.1. The van der Waals surface area contributed by atoms with Gasteiger partial charge >= 0.3 is 0 Å². The van der Waals surface area contributed by atoms with Crippen LogP contribution in [0.15, 0.2) is 176 Å². The number of hydrogen-bond donors (Lipinski definition) is 0. The zero-order chi connectivity index (χ0) is 46.0. The van der Waals surface area contributed by atoms with Crippen molar-refractivity contribution in [2.45, 2.75) is 138 Å². The van der Waals surface area contributed by atoms with Crippen LogP contribution < -0.4 is 9.80 Å². The molecule has 2 heteroatoms. The Kier molecular flexibility index (Phi) is 9.66. The van der Waals surface area contributed by atoms with E-state index in [1.54, 1.807) is 0 Å². The maximum Gasteiger partial charge on any atom is 0.0700 e. The van der Waals surface area contributed by atoms with Gasteiger partial charge in [-0.2, -0.15) is 0 Å². The predicted octanol–water partition coefficient (Wildman–Crippen LogP) is 16.6. The second-order valence-corrected chi connectivity index (χ2v) is 23.5. The molecule has 6 aromatic rings. The minimum Gasteiger partial charge on any atom is -0.334 e. The molecule has 0 amide bonds. The highest BCUT2D eigenvalue weighted by molar-refractivity contribution is 6.02. The maximum atomic E-state index is 5.38. The van der Waals surface area contributed by atoms with Crippen molar-refractivity contribution >= 4 is 27.8 Å². The minimum atomic E-state index is -0.705. The van der Waals surface area contributed by atoms with Crippen molar-refractivity contribution in [2.24, 2.45) is 23.7 Å². The van der Waals surface area contributed by atoms with Crippen LogP contribution >= 0.6 is 0 Å². The number of hydrogen-bond acceptors (Lipinski definition) is 2. The third-order valence-corrected chi connectivity index (χ3v) is 20.5. The second-order valence-electron chi connectivity index (χ2n) is 23.5. The van der Waals surface area contributed by atoms with Gasteiger partial charge in [-0.25, -0.2) is 0 Å². The average molecular weight is 891 g/mol. The van der Waals surface area contributed by atoms with Crippen LogP contribution in [0.1, 0.15) is 138 Å². The first-order valence-electron chi connectivity index (χ1n) is 26.6. The highest BCUT2D eigenvalue weighted by atomic mass is 15.3. The second kappa shape index (κ2) is 15.5. The van der Waals surface area contributed by atoms with Crippen molar-refractivity contribution in [2.75, 3.05) is 9.80 Å². The number of anilines is 3. The summed E-state index contributed by atoms with van der Waals surface area (Å²) < 4.78 is 0. The van der Waals surface area contributed by atoms with E-state index in [-0.39, 0.29) is 21.9 Å². The van der Waals surface area contributed by atoms with Crippen LogP contribution in [-0.4, -0.2) is 11.1 Å². The molecule has 0 N–H and O–H groups in total. The summed E-state index contributed by atoms with van der Waals surface area (Å²) >= 11 is 0. The van der Waals surface area contributed by atoms with Gasteiger partial charge in [-0.1, -0.05) is 199 Å². The molecule has 8 atom stereocenters. The summed E-state index contributed by atoms with van der Waals surface area (Å²) in [6.07, 6.45) is 24.3. The summed E-state index contributed by atoms with van der Waals surface area (Å²) in [7, 11) is 0. The van der Waals surface area contributed by atoms with E-state index in [1.165, 1.54) is 144 Å². The molecular formula is C66H70N2. The lowest BCUT2D eigenvalue weighted by atomic mass is 9.53. The van der Waals surface area contributed by atoms with Gasteiger partial charge in [-0.3, -0.25) is 0 Å². The molecule has 68 heavy (non-hydrogen) atoms. The molecule has 6 aromatic carbocycles. The van der Waals surface area contributed by atoms with Crippen LogP contribution in [-0.2, 0) is 22.7 Å². The van der Waals surface area contributed by atoms with Crippen LogP contribution in [0, 0.1) is 23.7 Å². The van der Waals surface area contributed by atoms with Crippen LogP contribution in [0.2, 0.25) is 0 Å². The number of fused-ring (bicyclic) bond motifs is 11. The lowest BCUT2D eigenvalue weighted by Crippen LogP contribution is -2.59. The molecule has 0 bridgehead atoms. The fourth-order valence-corrected chi connectivity index (χ4v) is 17.0. The number of rotatable bonds is 4. The summed E-state index contributed by atoms with van der Waals surface area (Å²) in [5.41, 5.74) is 14.0. The third-order valence-electron chi connectivity index (χ3n) is 20.5. The van der Waals surface area contributed by atoms with E-state index in [4.69, 9.17) is 6.58 Å². The van der Waals surface area contributed by atoms with Crippen molar-refractivity contribution < 1.29 is 0 Å². The highest BCUT2D eigenvalue weighted by Gasteiger charge is 2.63. The number of allylic oxidation sites excluding steroid dienone is 4. The number of para-hydroxylation sites is 2. The molecule has 8 unspecified atom stereocenters. The van der Waals surface area contributed by atoms with Gasteiger partial charge in [0.1, 0.15) is 0 Å². The Morgan fingerprint density at radius 2 is 0.926 bits per heavy atom. The molecule has 2 heterocycles.